The van der Waals surface area contributed by atoms with Gasteiger partial charge >= 0.3 is 30.9 Å². The lowest BCUT2D eigenvalue weighted by Crippen LogP contribution is -2.07. The molecule has 0 aliphatic heterocycles. The maximum atomic E-state index is 15.0. The highest BCUT2D eigenvalue weighted by Crippen LogP contribution is 2.49. The quantitative estimate of drug-likeness (QED) is 0.106. The van der Waals surface area contributed by atoms with E-state index < -0.39 is 58.7 Å². The third-order valence-electron chi connectivity index (χ3n) is 17.5. The van der Waals surface area contributed by atoms with Gasteiger partial charge in [-0.15, -0.1) is 0 Å². The second kappa shape index (κ2) is 22.6. The average Bonchev–Trinajstić information content (AvgIpc) is 1.59. The Bertz CT molecular complexity index is 5370. The average molecular weight is 1300 g/mol. The molecule has 476 valence electrons. The SMILES string of the molecule is [C-]#[N+]c1ccc(-n2c3ccc(-c4ccc(C(F)(F)F)cc4C)cc3c3cc(-c4ccc(C)cc4C(F)(F)F)ccc32)c(-c2ccc(-c3cc(C)cc(C(F)(F)F)c3)cc2-n2c3ccc(-c4ccc(C(F)(F)F)cc4C)cc3c3cc(-c4ccc(C)cc4C(F)(F)F)ccc32)c1. The van der Waals surface area contributed by atoms with Gasteiger partial charge in [0.25, 0.3) is 0 Å². The van der Waals surface area contributed by atoms with Crippen molar-refractivity contribution in [2.24, 2.45) is 0 Å². The van der Waals surface area contributed by atoms with Crippen molar-refractivity contribution in [3.8, 4) is 78.1 Å². The minimum atomic E-state index is -4.81. The molecule has 0 amide bonds. The second-order valence-corrected chi connectivity index (χ2v) is 23.9. The van der Waals surface area contributed by atoms with Gasteiger partial charge < -0.3 is 9.13 Å². The van der Waals surface area contributed by atoms with Crippen LogP contribution in [0, 0.1) is 41.2 Å². The first-order valence-corrected chi connectivity index (χ1v) is 29.5. The fourth-order valence-corrected chi connectivity index (χ4v) is 13.1. The fraction of sp³-hybridized carbons (Fsp3) is 0.130. The largest absolute Gasteiger partial charge is 0.417 e. The van der Waals surface area contributed by atoms with Crippen LogP contribution in [-0.4, -0.2) is 9.13 Å². The molecule has 13 aromatic rings. The van der Waals surface area contributed by atoms with Gasteiger partial charge in [0.15, 0.2) is 5.69 Å². The summed E-state index contributed by atoms with van der Waals surface area (Å²) in [5, 5.41) is 1.63. The molecule has 0 fully saturated rings. The van der Waals surface area contributed by atoms with Crippen LogP contribution < -0.4 is 0 Å². The summed E-state index contributed by atoms with van der Waals surface area (Å²) in [6.45, 7) is 16.0. The van der Waals surface area contributed by atoms with Gasteiger partial charge in [0.2, 0.25) is 0 Å². The maximum Gasteiger partial charge on any atom is 0.417 e. The molecule has 3 nitrogen and oxygen atoms in total. The van der Waals surface area contributed by atoms with Crippen molar-refractivity contribution in [3.63, 3.8) is 0 Å². The van der Waals surface area contributed by atoms with E-state index in [1.54, 1.807) is 114 Å². The number of aryl methyl sites for hydroxylation is 5. The lowest BCUT2D eigenvalue weighted by Gasteiger charge is -2.21. The molecular weight excluding hydrogens is 1250 g/mol. The van der Waals surface area contributed by atoms with Gasteiger partial charge in [0.1, 0.15) is 0 Å². The van der Waals surface area contributed by atoms with Crippen molar-refractivity contribution in [2.45, 2.75) is 65.5 Å². The standard InChI is InChI=1S/C77H48F15N3/c1-40-7-17-57(65(29-40)76(87,88)89)48-12-24-68-62(36-48)60-34-46(55-20-14-51(31-43(55)4)73(78,79)80)10-22-67(60)94(68)71-26-16-54(93-6)39-64(71)59-19-9-45(50-27-42(3)28-53(33-50)75(84,85)86)38-72(59)95-69-23-11-47(56-21-15-52(32-44(56)5)74(81,82)83)35-61(69)63-37-49(13-25-70(63)95)58-18-8-41(2)30-66(58)77(90,91)92/h7-39H,1-5H3. The Kier molecular flexibility index (Phi) is 15.0. The molecule has 18 heteroatoms. The summed E-state index contributed by atoms with van der Waals surface area (Å²) in [6, 6.07) is 47.4. The minimum absolute atomic E-state index is 0.108. The van der Waals surface area contributed by atoms with Gasteiger partial charge in [-0.25, -0.2) is 4.85 Å². The van der Waals surface area contributed by atoms with Crippen LogP contribution in [0.3, 0.4) is 0 Å². The summed E-state index contributed by atoms with van der Waals surface area (Å²) in [5.41, 5.74) is 2.11. The summed E-state index contributed by atoms with van der Waals surface area (Å²) in [7, 11) is 0. The molecule has 0 aliphatic rings. The summed E-state index contributed by atoms with van der Waals surface area (Å²) >= 11 is 0. The van der Waals surface area contributed by atoms with E-state index >= 15 is 13.2 Å². The molecule has 0 bridgehead atoms. The van der Waals surface area contributed by atoms with E-state index in [1.807, 2.05) is 4.57 Å². The van der Waals surface area contributed by atoms with Gasteiger partial charge in [0.05, 0.1) is 67.8 Å². The highest BCUT2D eigenvalue weighted by Gasteiger charge is 2.37. The van der Waals surface area contributed by atoms with Crippen molar-refractivity contribution in [2.75, 3.05) is 0 Å². The third-order valence-corrected chi connectivity index (χ3v) is 17.5. The zero-order valence-corrected chi connectivity index (χ0v) is 50.6. The molecule has 0 spiro atoms. The molecule has 0 unspecified atom stereocenters. The Balaban J connectivity index is 1.13. The number of alkyl halides is 15. The van der Waals surface area contributed by atoms with Crippen molar-refractivity contribution >= 4 is 49.3 Å². The first kappa shape index (κ1) is 63.2. The highest BCUT2D eigenvalue weighted by atomic mass is 19.4. The van der Waals surface area contributed by atoms with Gasteiger partial charge in [-0.05, 0) is 228 Å². The Morgan fingerprint density at radius 2 is 0.663 bits per heavy atom. The van der Waals surface area contributed by atoms with Crippen molar-refractivity contribution in [3.05, 3.63) is 267 Å². The molecule has 0 atom stereocenters. The molecule has 0 radical (unpaired) electrons. The molecule has 0 saturated carbocycles. The Labute approximate surface area is 533 Å². The van der Waals surface area contributed by atoms with Crippen LogP contribution in [0.4, 0.5) is 71.5 Å². The van der Waals surface area contributed by atoms with E-state index in [-0.39, 0.29) is 61.4 Å². The molecule has 11 aromatic carbocycles. The number of fused-ring (bicyclic) bond motifs is 6. The molecule has 0 N–H and O–H groups in total. The van der Waals surface area contributed by atoms with Crippen molar-refractivity contribution in [1.82, 2.24) is 9.13 Å². The molecule has 0 aliphatic carbocycles. The molecule has 95 heavy (non-hydrogen) atoms. The van der Waals surface area contributed by atoms with E-state index in [1.165, 1.54) is 77.1 Å². The first-order chi connectivity index (χ1) is 44.7. The zero-order valence-electron chi connectivity index (χ0n) is 50.6. The lowest BCUT2D eigenvalue weighted by molar-refractivity contribution is -0.138. The van der Waals surface area contributed by atoms with Crippen LogP contribution in [0.15, 0.2) is 200 Å². The molecular formula is C77H48F15N3. The Hall–Kier alpha value is -10.5. The van der Waals surface area contributed by atoms with Crippen LogP contribution in [-0.2, 0) is 30.9 Å². The predicted molar refractivity (Wildman–Crippen MR) is 343 cm³/mol. The number of halogens is 15. The van der Waals surface area contributed by atoms with Crippen LogP contribution in [0.5, 0.6) is 0 Å². The van der Waals surface area contributed by atoms with E-state index in [0.717, 1.165) is 48.5 Å². The minimum Gasteiger partial charge on any atom is -0.309 e. The number of nitrogens with zero attached hydrogens (tertiary/aromatic N) is 3. The van der Waals surface area contributed by atoms with Crippen molar-refractivity contribution < 1.29 is 65.9 Å². The summed E-state index contributed by atoms with van der Waals surface area (Å²) in [6.07, 6.45) is -23.7. The van der Waals surface area contributed by atoms with E-state index in [0.29, 0.717) is 93.8 Å². The van der Waals surface area contributed by atoms with Crippen molar-refractivity contribution in [1.29, 1.82) is 0 Å². The van der Waals surface area contributed by atoms with E-state index in [2.05, 4.69) is 4.85 Å². The Morgan fingerprint density at radius 1 is 0.274 bits per heavy atom. The summed E-state index contributed by atoms with van der Waals surface area (Å²) in [5.74, 6) is 0. The van der Waals surface area contributed by atoms with Gasteiger partial charge in [0, 0.05) is 27.1 Å². The smallest absolute Gasteiger partial charge is 0.309 e. The monoisotopic (exact) mass is 1300 g/mol. The molecule has 13 rings (SSSR count). The maximum absolute atomic E-state index is 15.0. The van der Waals surface area contributed by atoms with Gasteiger partial charge in [-0.2, -0.15) is 65.9 Å². The van der Waals surface area contributed by atoms with Crippen LogP contribution in [0.2, 0.25) is 0 Å². The number of benzene rings is 11. The van der Waals surface area contributed by atoms with E-state index in [9.17, 15) is 52.7 Å². The Morgan fingerprint density at radius 3 is 1.06 bits per heavy atom. The number of hydrogen-bond acceptors (Lipinski definition) is 0. The fourth-order valence-electron chi connectivity index (χ4n) is 13.1. The van der Waals surface area contributed by atoms with Crippen LogP contribution in [0.1, 0.15) is 55.6 Å². The number of hydrogen-bond donors (Lipinski definition) is 0. The molecule has 2 aromatic heterocycles. The zero-order chi connectivity index (χ0) is 67.7. The lowest BCUT2D eigenvalue weighted by atomic mass is 9.94. The number of rotatable bonds is 8. The second-order valence-electron chi connectivity index (χ2n) is 23.9. The van der Waals surface area contributed by atoms with Gasteiger partial charge in [-0.1, -0.05) is 96.1 Å². The third kappa shape index (κ3) is 11.5. The number of aromatic nitrogens is 2. The molecule has 0 saturated heterocycles. The van der Waals surface area contributed by atoms with Crippen LogP contribution in [0.25, 0.3) is 127 Å². The van der Waals surface area contributed by atoms with Gasteiger partial charge in [-0.3, -0.25) is 0 Å². The summed E-state index contributed by atoms with van der Waals surface area (Å²) < 4.78 is 222. The molecule has 2 heterocycles. The first-order valence-electron chi connectivity index (χ1n) is 29.5. The normalized spacial score (nSPS) is 12.6. The topological polar surface area (TPSA) is 14.2 Å². The van der Waals surface area contributed by atoms with E-state index in [4.69, 9.17) is 6.57 Å². The highest BCUT2D eigenvalue weighted by molar-refractivity contribution is 6.14. The summed E-state index contributed by atoms with van der Waals surface area (Å²) in [4.78, 5) is 3.81. The van der Waals surface area contributed by atoms with Crippen LogP contribution >= 0.6 is 0 Å². The predicted octanol–water partition coefficient (Wildman–Crippen LogP) is 25.1.